The van der Waals surface area contributed by atoms with Gasteiger partial charge >= 0.3 is 0 Å². The van der Waals surface area contributed by atoms with Crippen molar-refractivity contribution in [2.45, 2.75) is 31.5 Å². The number of carbonyl (C=O) groups excluding carboxylic acids is 1. The van der Waals surface area contributed by atoms with E-state index in [1.54, 1.807) is 12.0 Å². The fourth-order valence-electron chi connectivity index (χ4n) is 2.56. The van der Waals surface area contributed by atoms with E-state index in [0.29, 0.717) is 13.1 Å². The molecule has 0 aliphatic carbocycles. The minimum atomic E-state index is -0.625. The molecule has 0 aromatic heterocycles. The molecule has 6 heteroatoms. The Balaban J connectivity index is 0.00000242. The lowest BCUT2D eigenvalue weighted by molar-refractivity contribution is -0.136. The summed E-state index contributed by atoms with van der Waals surface area (Å²) in [6.07, 6.45) is 2.17. The molecule has 1 heterocycles. The zero-order valence-corrected chi connectivity index (χ0v) is 13.8. The summed E-state index contributed by atoms with van der Waals surface area (Å²) in [6.45, 7) is 2.15. The van der Waals surface area contributed by atoms with E-state index in [9.17, 15) is 4.79 Å². The van der Waals surface area contributed by atoms with E-state index in [1.807, 2.05) is 30.3 Å². The van der Waals surface area contributed by atoms with E-state index >= 15 is 0 Å². The van der Waals surface area contributed by atoms with Gasteiger partial charge in [0.15, 0.2) is 0 Å². The van der Waals surface area contributed by atoms with Crippen LogP contribution in [0.2, 0.25) is 0 Å². The zero-order chi connectivity index (χ0) is 15.1. The quantitative estimate of drug-likeness (QED) is 0.825. The van der Waals surface area contributed by atoms with Crippen LogP contribution in [0.15, 0.2) is 30.3 Å². The highest BCUT2D eigenvalue weighted by molar-refractivity contribution is 5.85. The van der Waals surface area contributed by atoms with Gasteiger partial charge in [0, 0.05) is 26.8 Å². The number of methoxy groups -OCH3 is 1. The topological polar surface area (TPSA) is 64.8 Å². The smallest absolute Gasteiger partial charge is 0.242 e. The van der Waals surface area contributed by atoms with Crippen molar-refractivity contribution in [2.75, 3.05) is 26.9 Å². The molecule has 0 saturated carbocycles. The van der Waals surface area contributed by atoms with Gasteiger partial charge in [-0.1, -0.05) is 30.3 Å². The zero-order valence-electron chi connectivity index (χ0n) is 12.9. The van der Waals surface area contributed by atoms with Crippen LogP contribution in [0.5, 0.6) is 0 Å². The van der Waals surface area contributed by atoms with Gasteiger partial charge in [0.1, 0.15) is 6.04 Å². The lowest BCUT2D eigenvalue weighted by Gasteiger charge is -2.28. The molecule has 1 fully saturated rings. The number of nitrogens with two attached hydrogens (primary N) is 1. The summed E-state index contributed by atoms with van der Waals surface area (Å²) in [4.78, 5) is 14.3. The SMILES string of the molecule is COCC(N)C(=O)N(Cc1ccccc1)CC1CCCO1.Cl. The number of hydrogen-bond donors (Lipinski definition) is 1. The Morgan fingerprint density at radius 2 is 2.18 bits per heavy atom. The highest BCUT2D eigenvalue weighted by Crippen LogP contribution is 2.15. The molecule has 0 radical (unpaired) electrons. The monoisotopic (exact) mass is 328 g/mol. The maximum atomic E-state index is 12.5. The second kappa shape index (κ2) is 9.79. The van der Waals surface area contributed by atoms with Crippen LogP contribution in [-0.2, 0) is 20.8 Å². The molecule has 1 aromatic rings. The minimum absolute atomic E-state index is 0. The van der Waals surface area contributed by atoms with Crippen molar-refractivity contribution in [3.63, 3.8) is 0 Å². The minimum Gasteiger partial charge on any atom is -0.383 e. The summed E-state index contributed by atoms with van der Waals surface area (Å²) >= 11 is 0. The number of carbonyl (C=O) groups is 1. The number of rotatable bonds is 7. The molecule has 1 aromatic carbocycles. The van der Waals surface area contributed by atoms with E-state index in [4.69, 9.17) is 15.2 Å². The molecule has 2 unspecified atom stereocenters. The van der Waals surface area contributed by atoms with E-state index < -0.39 is 6.04 Å². The Morgan fingerprint density at radius 3 is 2.77 bits per heavy atom. The van der Waals surface area contributed by atoms with Gasteiger partial charge in [0.05, 0.1) is 12.7 Å². The standard InChI is InChI=1S/C16H24N2O3.ClH/c1-20-12-15(17)16(19)18(11-14-8-5-9-21-14)10-13-6-3-2-4-7-13;/h2-4,6-7,14-15H,5,8-12,17H2,1H3;1H. The van der Waals surface area contributed by atoms with Gasteiger partial charge in [-0.05, 0) is 18.4 Å². The summed E-state index contributed by atoms with van der Waals surface area (Å²) in [7, 11) is 1.55. The first-order valence-corrected chi connectivity index (χ1v) is 7.39. The predicted octanol–water partition coefficient (Wildman–Crippen LogP) is 1.59. The summed E-state index contributed by atoms with van der Waals surface area (Å²) in [5, 5.41) is 0. The number of ether oxygens (including phenoxy) is 2. The maximum Gasteiger partial charge on any atom is 0.242 e. The van der Waals surface area contributed by atoms with E-state index in [-0.39, 0.29) is 31.0 Å². The van der Waals surface area contributed by atoms with Gasteiger partial charge in [-0.3, -0.25) is 4.79 Å². The summed E-state index contributed by atoms with van der Waals surface area (Å²) in [6, 6.07) is 9.31. The molecular formula is C16H25ClN2O3. The van der Waals surface area contributed by atoms with Gasteiger partial charge in [-0.2, -0.15) is 0 Å². The Bertz CT molecular complexity index is 438. The van der Waals surface area contributed by atoms with Crippen molar-refractivity contribution in [1.82, 2.24) is 4.90 Å². The normalized spacial score (nSPS) is 18.5. The Kier molecular flexibility index (Phi) is 8.42. The molecule has 0 spiro atoms. The first kappa shape index (κ1) is 18.9. The van der Waals surface area contributed by atoms with Crippen LogP contribution in [0.1, 0.15) is 18.4 Å². The molecular weight excluding hydrogens is 304 g/mol. The molecule has 1 amide bonds. The van der Waals surface area contributed by atoms with E-state index in [0.717, 1.165) is 25.0 Å². The van der Waals surface area contributed by atoms with Gasteiger partial charge in [-0.25, -0.2) is 0 Å². The van der Waals surface area contributed by atoms with Crippen molar-refractivity contribution in [3.05, 3.63) is 35.9 Å². The number of nitrogens with zero attached hydrogens (tertiary/aromatic N) is 1. The van der Waals surface area contributed by atoms with E-state index in [1.165, 1.54) is 0 Å². The third-order valence-electron chi connectivity index (χ3n) is 3.64. The second-order valence-electron chi connectivity index (χ2n) is 5.40. The summed E-state index contributed by atoms with van der Waals surface area (Å²) < 4.78 is 10.6. The Morgan fingerprint density at radius 1 is 1.45 bits per heavy atom. The third-order valence-corrected chi connectivity index (χ3v) is 3.64. The van der Waals surface area contributed by atoms with Gasteiger partial charge in [0.25, 0.3) is 0 Å². The molecule has 1 aliphatic rings. The molecule has 2 N–H and O–H groups in total. The fraction of sp³-hybridized carbons (Fsp3) is 0.562. The molecule has 1 aliphatic heterocycles. The first-order chi connectivity index (χ1) is 10.2. The molecule has 0 bridgehead atoms. The van der Waals surface area contributed by atoms with Crippen LogP contribution >= 0.6 is 12.4 Å². The molecule has 2 rings (SSSR count). The largest absolute Gasteiger partial charge is 0.383 e. The van der Waals surface area contributed by atoms with Crippen LogP contribution in [0, 0.1) is 0 Å². The van der Waals surface area contributed by atoms with Crippen molar-refractivity contribution < 1.29 is 14.3 Å². The lowest BCUT2D eigenvalue weighted by Crippen LogP contribution is -2.48. The summed E-state index contributed by atoms with van der Waals surface area (Å²) in [5.74, 6) is -0.0868. The lowest BCUT2D eigenvalue weighted by atomic mass is 10.1. The van der Waals surface area contributed by atoms with Gasteiger partial charge < -0.3 is 20.1 Å². The van der Waals surface area contributed by atoms with Crippen molar-refractivity contribution in [1.29, 1.82) is 0 Å². The first-order valence-electron chi connectivity index (χ1n) is 7.39. The number of hydrogen-bond acceptors (Lipinski definition) is 4. The molecule has 2 atom stereocenters. The van der Waals surface area contributed by atoms with Crippen LogP contribution in [0.25, 0.3) is 0 Å². The maximum absolute atomic E-state index is 12.5. The highest BCUT2D eigenvalue weighted by Gasteiger charge is 2.26. The van der Waals surface area contributed by atoms with Crippen LogP contribution in [0.4, 0.5) is 0 Å². The average Bonchev–Trinajstić information content (AvgIpc) is 3.00. The van der Waals surface area contributed by atoms with Crippen molar-refractivity contribution >= 4 is 18.3 Å². The van der Waals surface area contributed by atoms with Crippen LogP contribution < -0.4 is 5.73 Å². The molecule has 124 valence electrons. The fourth-order valence-corrected chi connectivity index (χ4v) is 2.56. The predicted molar refractivity (Wildman–Crippen MR) is 87.9 cm³/mol. The van der Waals surface area contributed by atoms with Crippen molar-refractivity contribution in [3.8, 4) is 0 Å². The van der Waals surface area contributed by atoms with Gasteiger partial charge in [0.2, 0.25) is 5.91 Å². The highest BCUT2D eigenvalue weighted by atomic mass is 35.5. The van der Waals surface area contributed by atoms with Crippen molar-refractivity contribution in [2.24, 2.45) is 5.73 Å². The molecule has 22 heavy (non-hydrogen) atoms. The number of halogens is 1. The number of benzene rings is 1. The van der Waals surface area contributed by atoms with E-state index in [2.05, 4.69) is 0 Å². The number of amides is 1. The molecule has 5 nitrogen and oxygen atoms in total. The third kappa shape index (κ3) is 5.57. The molecule has 1 saturated heterocycles. The van der Waals surface area contributed by atoms with Crippen LogP contribution in [0.3, 0.4) is 0 Å². The second-order valence-corrected chi connectivity index (χ2v) is 5.40. The Labute approximate surface area is 138 Å². The Hall–Kier alpha value is -1.14. The summed E-state index contributed by atoms with van der Waals surface area (Å²) in [5.41, 5.74) is 6.99. The van der Waals surface area contributed by atoms with Crippen LogP contribution in [-0.4, -0.2) is 49.8 Å². The van der Waals surface area contributed by atoms with Gasteiger partial charge in [-0.15, -0.1) is 12.4 Å². The average molecular weight is 329 g/mol.